The molecular formula is C6H10O. The van der Waals surface area contributed by atoms with Gasteiger partial charge in [0.15, 0.2) is 0 Å². The normalized spacial score (nSPS) is 68.3. The van der Waals surface area contributed by atoms with Gasteiger partial charge in [-0.15, -0.1) is 0 Å². The van der Waals surface area contributed by atoms with E-state index < -0.39 is 37.7 Å². The van der Waals surface area contributed by atoms with E-state index in [9.17, 15) is 4.79 Å². The van der Waals surface area contributed by atoms with E-state index >= 15 is 0 Å². The summed E-state index contributed by atoms with van der Waals surface area (Å²) in [7, 11) is 0. The van der Waals surface area contributed by atoms with Gasteiger partial charge >= 0.3 is 0 Å². The standard InChI is InChI=1S/C6H10O/c7-6-4-2-1-3-5-6/h1-5H2/i1D2,2D2,3D2,4D2. The summed E-state index contributed by atoms with van der Waals surface area (Å²) in [6.07, 6.45) is -12.9. The number of rotatable bonds is 0. The molecule has 7 heavy (non-hydrogen) atoms. The average Bonchev–Trinajstić information content (AvgIpc) is 2.00. The van der Waals surface area contributed by atoms with Gasteiger partial charge in [-0.3, -0.25) is 4.79 Å². The van der Waals surface area contributed by atoms with Crippen molar-refractivity contribution < 1.29 is 15.8 Å². The largest absolute Gasteiger partial charge is 0.300 e. The summed E-state index contributed by atoms with van der Waals surface area (Å²) in [4.78, 5) is 11.2. The van der Waals surface area contributed by atoms with Crippen LogP contribution in [0.4, 0.5) is 0 Å². The van der Waals surface area contributed by atoms with Crippen molar-refractivity contribution in [2.45, 2.75) is 31.9 Å². The monoisotopic (exact) mass is 106 g/mol. The van der Waals surface area contributed by atoms with Crippen molar-refractivity contribution in [3.8, 4) is 0 Å². The molecule has 1 rings (SSSR count). The van der Waals surface area contributed by atoms with Crippen LogP contribution in [-0.4, -0.2) is 5.78 Å². The van der Waals surface area contributed by atoms with E-state index in [0.717, 1.165) is 0 Å². The predicted molar refractivity (Wildman–Crippen MR) is 28.1 cm³/mol. The lowest BCUT2D eigenvalue weighted by atomic mass is 10.00. The van der Waals surface area contributed by atoms with Crippen molar-refractivity contribution in [1.82, 2.24) is 0 Å². The van der Waals surface area contributed by atoms with Gasteiger partial charge in [0.1, 0.15) is 5.78 Å². The first-order valence-corrected chi connectivity index (χ1v) is 1.91. The van der Waals surface area contributed by atoms with Crippen LogP contribution in [-0.2, 0) is 4.79 Å². The zero-order valence-electron chi connectivity index (χ0n) is 11.6. The highest BCUT2D eigenvalue weighted by Gasteiger charge is 2.05. The molecule has 1 aliphatic rings. The van der Waals surface area contributed by atoms with Crippen LogP contribution in [0, 0.1) is 0 Å². The second-order valence-electron chi connectivity index (χ2n) is 1.15. The Hall–Kier alpha value is -0.330. The minimum absolute atomic E-state index is 0.952. The van der Waals surface area contributed by atoms with Gasteiger partial charge in [0.2, 0.25) is 0 Å². The van der Waals surface area contributed by atoms with Gasteiger partial charge in [0.05, 0.1) is 0 Å². The quantitative estimate of drug-likeness (QED) is 0.457. The van der Waals surface area contributed by atoms with Crippen LogP contribution in [0.1, 0.15) is 42.9 Å². The smallest absolute Gasteiger partial charge is 0.132 e. The molecule has 0 aromatic heterocycles. The fourth-order valence-electron chi connectivity index (χ4n) is 0.314. The van der Waals surface area contributed by atoms with Crippen LogP contribution in [0.5, 0.6) is 0 Å². The maximum atomic E-state index is 11.2. The molecule has 0 unspecified atom stereocenters. The molecule has 0 saturated heterocycles. The fourth-order valence-corrected chi connectivity index (χ4v) is 0.314. The third-order valence-corrected chi connectivity index (χ3v) is 0.602. The number of Topliss-reactive ketones (excluding diaryl/α,β-unsaturated/α-hetero) is 1. The first kappa shape index (κ1) is 0.996. The third-order valence-electron chi connectivity index (χ3n) is 0.602. The molecule has 1 saturated carbocycles. The first-order valence-electron chi connectivity index (χ1n) is 5.91. The Balaban J connectivity index is 3.36. The second-order valence-corrected chi connectivity index (χ2v) is 1.15. The minimum Gasteiger partial charge on any atom is -0.300 e. The molecule has 1 nitrogen and oxygen atoms in total. The Morgan fingerprint density at radius 2 is 2.29 bits per heavy atom. The van der Waals surface area contributed by atoms with Crippen LogP contribution in [0.2, 0.25) is 0 Å². The Morgan fingerprint density at radius 1 is 1.43 bits per heavy atom. The van der Waals surface area contributed by atoms with Crippen molar-refractivity contribution in [2.24, 2.45) is 0 Å². The Kier molecular flexibility index (Phi) is 0.299. The maximum Gasteiger partial charge on any atom is 0.132 e. The van der Waals surface area contributed by atoms with E-state index in [-0.39, 0.29) is 0 Å². The first-order chi connectivity index (χ1) is 6.38. The highest BCUT2D eigenvalue weighted by molar-refractivity contribution is 5.78. The van der Waals surface area contributed by atoms with Crippen LogP contribution >= 0.6 is 0 Å². The summed E-state index contributed by atoms with van der Waals surface area (Å²) in [5.74, 6) is -1.24. The van der Waals surface area contributed by atoms with Gasteiger partial charge in [-0.25, -0.2) is 0 Å². The molecular weight excluding hydrogens is 88.1 g/mol. The second kappa shape index (κ2) is 2.10. The topological polar surface area (TPSA) is 17.1 Å². The van der Waals surface area contributed by atoms with E-state index in [4.69, 9.17) is 11.0 Å². The minimum atomic E-state index is -3.18. The lowest BCUT2D eigenvalue weighted by molar-refractivity contribution is -0.120. The molecule has 0 radical (unpaired) electrons. The summed E-state index contributed by atoms with van der Waals surface area (Å²) in [6, 6.07) is 0. The number of carbonyl (C=O) groups excluding carboxylic acids is 1. The SMILES string of the molecule is [2H]C1([2H])CC(=O)C([2H])([2H])C([2H])([2H])C1([2H])[2H]. The summed E-state index contributed by atoms with van der Waals surface area (Å²) < 4.78 is 58.1. The lowest BCUT2D eigenvalue weighted by Crippen LogP contribution is -2.02. The molecule has 0 amide bonds. The Labute approximate surface area is 55.0 Å². The summed E-state index contributed by atoms with van der Waals surface area (Å²) in [6.45, 7) is 0. The number of ketones is 1. The van der Waals surface area contributed by atoms with Gasteiger partial charge in [0.25, 0.3) is 0 Å². The van der Waals surface area contributed by atoms with Gasteiger partial charge in [-0.1, -0.05) is 6.37 Å². The van der Waals surface area contributed by atoms with E-state index in [2.05, 4.69) is 0 Å². The summed E-state index contributed by atoms with van der Waals surface area (Å²) in [5.41, 5.74) is 0. The number of hydrogen-bond donors (Lipinski definition) is 0. The molecule has 0 aromatic rings. The van der Waals surface area contributed by atoms with Crippen LogP contribution in [0.15, 0.2) is 0 Å². The molecule has 1 heteroatoms. The van der Waals surface area contributed by atoms with Crippen molar-refractivity contribution in [2.75, 3.05) is 0 Å². The zero-order chi connectivity index (χ0) is 12.3. The summed E-state index contributed by atoms with van der Waals surface area (Å²) in [5, 5.41) is 0. The highest BCUT2D eigenvalue weighted by Crippen LogP contribution is 2.12. The zero-order valence-corrected chi connectivity index (χ0v) is 3.62. The molecule has 0 N–H and O–H groups in total. The predicted octanol–water partition coefficient (Wildman–Crippen LogP) is 1.52. The number of carbonyl (C=O) groups is 1. The van der Waals surface area contributed by atoms with Gasteiger partial charge in [-0.2, -0.15) is 0 Å². The maximum absolute atomic E-state index is 11.2. The Morgan fingerprint density at radius 3 is 3.14 bits per heavy atom. The van der Waals surface area contributed by atoms with Crippen molar-refractivity contribution in [3.63, 3.8) is 0 Å². The molecule has 0 atom stereocenters. The molecule has 1 aliphatic carbocycles. The molecule has 1 fully saturated rings. The van der Waals surface area contributed by atoms with Crippen molar-refractivity contribution in [3.05, 3.63) is 0 Å². The third kappa shape index (κ3) is 1.30. The molecule has 0 aromatic carbocycles. The van der Waals surface area contributed by atoms with Gasteiger partial charge in [0, 0.05) is 23.8 Å². The average molecular weight is 106 g/mol. The van der Waals surface area contributed by atoms with Gasteiger partial charge < -0.3 is 0 Å². The Bertz CT molecular complexity index is 306. The van der Waals surface area contributed by atoms with Gasteiger partial charge in [-0.05, 0) is 12.7 Å². The lowest BCUT2D eigenvalue weighted by Gasteiger charge is -2.05. The summed E-state index contributed by atoms with van der Waals surface area (Å²) >= 11 is 0. The fraction of sp³-hybridized carbons (Fsp3) is 0.833. The molecule has 0 bridgehead atoms. The van der Waals surface area contributed by atoms with E-state index in [0.29, 0.717) is 0 Å². The van der Waals surface area contributed by atoms with Crippen LogP contribution in [0.3, 0.4) is 0 Å². The molecule has 40 valence electrons. The molecule has 0 aliphatic heterocycles. The van der Waals surface area contributed by atoms with Crippen molar-refractivity contribution in [1.29, 1.82) is 0 Å². The highest BCUT2D eigenvalue weighted by atomic mass is 16.1. The van der Waals surface area contributed by atoms with E-state index in [1.807, 2.05) is 0 Å². The van der Waals surface area contributed by atoms with E-state index in [1.54, 1.807) is 0 Å². The molecule has 0 heterocycles. The van der Waals surface area contributed by atoms with E-state index in [1.165, 1.54) is 0 Å². The molecule has 0 spiro atoms. The van der Waals surface area contributed by atoms with Crippen molar-refractivity contribution >= 4 is 5.78 Å². The van der Waals surface area contributed by atoms with Crippen LogP contribution in [0.25, 0.3) is 0 Å². The number of hydrogen-bond acceptors (Lipinski definition) is 1. The van der Waals surface area contributed by atoms with Crippen LogP contribution < -0.4 is 0 Å².